The highest BCUT2D eigenvalue weighted by Gasteiger charge is 2.30. The average Bonchev–Trinajstić information content (AvgIpc) is 2.99. The number of hydrogen-bond donors (Lipinski definition) is 2. The van der Waals surface area contributed by atoms with E-state index in [0.717, 1.165) is 24.3 Å². The molecule has 2 aromatic rings. The number of sulfonamides is 1. The fourth-order valence-corrected chi connectivity index (χ4v) is 3.24. The third-order valence-corrected chi connectivity index (χ3v) is 5.17. The molecule has 0 radical (unpaired) electrons. The topological polar surface area (TPSA) is 119 Å². The van der Waals surface area contributed by atoms with Crippen molar-refractivity contribution >= 4 is 27.6 Å². The van der Waals surface area contributed by atoms with Crippen LogP contribution in [0, 0.1) is 6.92 Å². The number of carbonyl (C=O) groups is 2. The maximum Gasteiger partial charge on any atom is 0.416 e. The molecule has 1 aromatic carbocycles. The van der Waals surface area contributed by atoms with Gasteiger partial charge in [-0.05, 0) is 31.2 Å². The van der Waals surface area contributed by atoms with Gasteiger partial charge in [-0.25, -0.2) is 18.1 Å². The maximum absolute atomic E-state index is 12.5. The minimum Gasteiger partial charge on any atom is -0.456 e. The number of anilines is 1. The molecule has 0 aliphatic heterocycles. The van der Waals surface area contributed by atoms with E-state index in [1.807, 2.05) is 0 Å². The van der Waals surface area contributed by atoms with E-state index in [0.29, 0.717) is 5.82 Å². The highest BCUT2D eigenvalue weighted by atomic mass is 32.2. The first-order chi connectivity index (χ1) is 13.9. The Bertz CT molecular complexity index is 998. The lowest BCUT2D eigenvalue weighted by Gasteiger charge is -2.09. The van der Waals surface area contributed by atoms with Crippen LogP contribution in [0.4, 0.5) is 18.9 Å². The molecule has 1 heterocycles. The van der Waals surface area contributed by atoms with Crippen LogP contribution < -0.4 is 10.0 Å². The van der Waals surface area contributed by atoms with Crippen LogP contribution in [-0.2, 0) is 37.6 Å². The van der Waals surface area contributed by atoms with E-state index in [1.54, 1.807) is 14.0 Å². The zero-order valence-corrected chi connectivity index (χ0v) is 16.8. The summed E-state index contributed by atoms with van der Waals surface area (Å²) in [4.78, 5) is 27.3. The molecule has 2 N–H and O–H groups in total. The summed E-state index contributed by atoms with van der Waals surface area (Å²) >= 11 is 0. The van der Waals surface area contributed by atoms with E-state index < -0.39 is 40.2 Å². The van der Waals surface area contributed by atoms with Crippen LogP contribution in [0.15, 0.2) is 35.5 Å². The molecule has 0 atom stereocenters. The number of ether oxygens (including phenoxy) is 1. The minimum absolute atomic E-state index is 0.0995. The Morgan fingerprint density at radius 3 is 2.37 bits per heavy atom. The van der Waals surface area contributed by atoms with Crippen molar-refractivity contribution in [2.45, 2.75) is 24.5 Å². The lowest BCUT2D eigenvalue weighted by molar-refractivity contribution is -0.147. The number of esters is 1. The van der Waals surface area contributed by atoms with E-state index in [-0.39, 0.29) is 23.7 Å². The van der Waals surface area contributed by atoms with Crippen molar-refractivity contribution in [3.05, 3.63) is 41.9 Å². The fraction of sp³-hybridized carbons (Fsp3) is 0.353. The molecule has 0 saturated carbocycles. The number of benzene rings is 1. The molecule has 1 amide bonds. The predicted molar refractivity (Wildman–Crippen MR) is 98.8 cm³/mol. The van der Waals surface area contributed by atoms with Gasteiger partial charge in [0.15, 0.2) is 11.6 Å². The Morgan fingerprint density at radius 1 is 1.20 bits per heavy atom. The third-order valence-electron chi connectivity index (χ3n) is 3.84. The Labute approximate surface area is 170 Å². The van der Waals surface area contributed by atoms with E-state index in [4.69, 9.17) is 4.74 Å². The Morgan fingerprint density at radius 2 is 1.83 bits per heavy atom. The first-order valence-corrected chi connectivity index (χ1v) is 9.99. The highest BCUT2D eigenvalue weighted by Crippen LogP contribution is 2.29. The van der Waals surface area contributed by atoms with Crippen LogP contribution in [0.25, 0.3) is 0 Å². The molecule has 0 spiro atoms. The molecule has 13 heteroatoms. The molecule has 1 aromatic heterocycles. The van der Waals surface area contributed by atoms with Crippen LogP contribution >= 0.6 is 0 Å². The van der Waals surface area contributed by atoms with Gasteiger partial charge in [0, 0.05) is 25.5 Å². The summed E-state index contributed by atoms with van der Waals surface area (Å²) in [6.07, 6.45) is -3.50. The van der Waals surface area contributed by atoms with Crippen LogP contribution in [0.3, 0.4) is 0 Å². The first kappa shape index (κ1) is 23.3. The van der Waals surface area contributed by atoms with Crippen LogP contribution in [0.1, 0.15) is 17.8 Å². The van der Waals surface area contributed by atoms with Crippen molar-refractivity contribution < 1.29 is 35.9 Å². The van der Waals surface area contributed by atoms with Gasteiger partial charge < -0.3 is 14.6 Å². The molecule has 0 aliphatic carbocycles. The Balaban J connectivity index is 1.74. The molecule has 164 valence electrons. The Hall–Kier alpha value is -2.93. The Kier molecular flexibility index (Phi) is 7.21. The van der Waals surface area contributed by atoms with E-state index in [9.17, 15) is 31.2 Å². The standard InChI is InChI=1S/C17H19F3N4O5S/c1-11-22-15(9-24(11)2)30(27,28)21-8-7-16(26)29-10-14(25)23-13-5-3-12(4-6-13)17(18,19)20/h3-6,9,21H,7-8,10H2,1-2H3,(H,23,25). The molecule has 0 saturated heterocycles. The van der Waals surface area contributed by atoms with Crippen LogP contribution in [-0.4, -0.2) is 43.0 Å². The monoisotopic (exact) mass is 448 g/mol. The van der Waals surface area contributed by atoms with Crippen molar-refractivity contribution in [1.29, 1.82) is 0 Å². The summed E-state index contributed by atoms with van der Waals surface area (Å²) in [6, 6.07) is 3.74. The number of aryl methyl sites for hydroxylation is 2. The molecule has 30 heavy (non-hydrogen) atoms. The van der Waals surface area contributed by atoms with Gasteiger partial charge in [-0.1, -0.05) is 0 Å². The summed E-state index contributed by atoms with van der Waals surface area (Å²) in [5.74, 6) is -1.10. The molecular weight excluding hydrogens is 429 g/mol. The van der Waals surface area contributed by atoms with E-state index in [1.165, 1.54) is 10.8 Å². The van der Waals surface area contributed by atoms with Crippen molar-refractivity contribution in [2.24, 2.45) is 7.05 Å². The predicted octanol–water partition coefficient (Wildman–Crippen LogP) is 1.60. The molecule has 2 rings (SSSR count). The fourth-order valence-electron chi connectivity index (χ4n) is 2.17. The van der Waals surface area contributed by atoms with Crippen LogP contribution in [0.5, 0.6) is 0 Å². The number of halogens is 3. The zero-order valence-electron chi connectivity index (χ0n) is 16.0. The normalized spacial score (nSPS) is 11.9. The second-order valence-electron chi connectivity index (χ2n) is 6.17. The van der Waals surface area contributed by atoms with Gasteiger partial charge in [0.25, 0.3) is 15.9 Å². The maximum atomic E-state index is 12.5. The number of nitrogens with zero attached hydrogens (tertiary/aromatic N) is 2. The average molecular weight is 448 g/mol. The van der Waals surface area contributed by atoms with E-state index in [2.05, 4.69) is 15.0 Å². The summed E-state index contributed by atoms with van der Waals surface area (Å²) in [5.41, 5.74) is -0.766. The first-order valence-electron chi connectivity index (χ1n) is 8.51. The lowest BCUT2D eigenvalue weighted by atomic mass is 10.2. The number of carbonyl (C=O) groups excluding carboxylic acids is 2. The summed E-state index contributed by atoms with van der Waals surface area (Å²) in [7, 11) is -2.26. The largest absolute Gasteiger partial charge is 0.456 e. The number of nitrogens with one attached hydrogen (secondary N) is 2. The highest BCUT2D eigenvalue weighted by molar-refractivity contribution is 7.89. The van der Waals surface area contributed by atoms with Gasteiger partial charge >= 0.3 is 12.1 Å². The number of rotatable bonds is 8. The van der Waals surface area contributed by atoms with Crippen molar-refractivity contribution in [3.63, 3.8) is 0 Å². The second kappa shape index (κ2) is 9.26. The van der Waals surface area contributed by atoms with Crippen LogP contribution in [0.2, 0.25) is 0 Å². The summed E-state index contributed by atoms with van der Waals surface area (Å²) in [5, 5.41) is 2.09. The van der Waals surface area contributed by atoms with Gasteiger partial charge in [-0.3, -0.25) is 9.59 Å². The van der Waals surface area contributed by atoms with Gasteiger partial charge in [0.2, 0.25) is 0 Å². The van der Waals surface area contributed by atoms with Gasteiger partial charge in [0.05, 0.1) is 12.0 Å². The number of amides is 1. The minimum atomic E-state index is -4.49. The molecule has 9 nitrogen and oxygen atoms in total. The van der Waals surface area contributed by atoms with Crippen molar-refractivity contribution in [1.82, 2.24) is 14.3 Å². The number of alkyl halides is 3. The molecule has 0 fully saturated rings. The van der Waals surface area contributed by atoms with Crippen molar-refractivity contribution in [2.75, 3.05) is 18.5 Å². The third kappa shape index (κ3) is 6.56. The molecule has 0 aliphatic rings. The van der Waals surface area contributed by atoms with Gasteiger partial charge in [-0.2, -0.15) is 13.2 Å². The zero-order chi connectivity index (χ0) is 22.5. The van der Waals surface area contributed by atoms with Crippen molar-refractivity contribution in [3.8, 4) is 0 Å². The molecule has 0 unspecified atom stereocenters. The van der Waals surface area contributed by atoms with Gasteiger partial charge in [0.1, 0.15) is 5.82 Å². The van der Waals surface area contributed by atoms with Gasteiger partial charge in [-0.15, -0.1) is 0 Å². The number of imidazole rings is 1. The van der Waals surface area contributed by atoms with E-state index >= 15 is 0 Å². The summed E-state index contributed by atoms with van der Waals surface area (Å²) in [6.45, 7) is 0.690. The lowest BCUT2D eigenvalue weighted by Crippen LogP contribution is -2.28. The SMILES string of the molecule is Cc1nc(S(=O)(=O)NCCC(=O)OCC(=O)Nc2ccc(C(F)(F)F)cc2)cn1C. The molecule has 0 bridgehead atoms. The number of hydrogen-bond acceptors (Lipinski definition) is 6. The smallest absolute Gasteiger partial charge is 0.416 e. The summed E-state index contributed by atoms with van der Waals surface area (Å²) < 4.78 is 70.0. The number of aromatic nitrogens is 2. The molecular formula is C17H19F3N4O5S. The quantitative estimate of drug-likeness (QED) is 0.592. The second-order valence-corrected chi connectivity index (χ2v) is 7.88.